The molecule has 5 nitrogen and oxygen atoms in total. The Morgan fingerprint density at radius 3 is 2.65 bits per heavy atom. The highest BCUT2D eigenvalue weighted by molar-refractivity contribution is 5.74. The van der Waals surface area contributed by atoms with Crippen LogP contribution in [0.15, 0.2) is 22.6 Å². The van der Waals surface area contributed by atoms with Crippen molar-refractivity contribution in [2.75, 3.05) is 0 Å². The fourth-order valence-electron chi connectivity index (χ4n) is 1.45. The van der Waals surface area contributed by atoms with Crippen molar-refractivity contribution in [2.24, 2.45) is 0 Å². The minimum atomic E-state index is -0.381. The first-order valence-electron chi connectivity index (χ1n) is 5.16. The zero-order valence-corrected chi connectivity index (χ0v) is 9.85. The third-order valence-electron chi connectivity index (χ3n) is 2.15. The van der Waals surface area contributed by atoms with Gasteiger partial charge in [-0.25, -0.2) is 0 Å². The molecule has 0 spiro atoms. The van der Waals surface area contributed by atoms with Crippen LogP contribution in [0.2, 0.25) is 0 Å². The average molecular weight is 232 g/mol. The van der Waals surface area contributed by atoms with E-state index in [0.717, 1.165) is 5.56 Å². The molecule has 0 bridgehead atoms. The molecule has 1 heterocycles. The molecule has 0 amide bonds. The summed E-state index contributed by atoms with van der Waals surface area (Å²) in [5, 5.41) is 7.65. The van der Waals surface area contributed by atoms with Crippen molar-refractivity contribution < 1.29 is 13.9 Å². The second-order valence-corrected chi connectivity index (χ2v) is 3.72. The number of carbonyl (C=O) groups excluding carboxylic acids is 1. The Balaban J connectivity index is 2.49. The van der Waals surface area contributed by atoms with E-state index < -0.39 is 0 Å². The molecule has 0 saturated carbocycles. The lowest BCUT2D eigenvalue weighted by Crippen LogP contribution is -2.03. The number of rotatable bonds is 2. The van der Waals surface area contributed by atoms with Gasteiger partial charge in [-0.1, -0.05) is 6.07 Å². The molecule has 0 aliphatic carbocycles. The van der Waals surface area contributed by atoms with Crippen LogP contribution in [0.25, 0.3) is 11.5 Å². The predicted molar refractivity (Wildman–Crippen MR) is 60.5 cm³/mol. The highest BCUT2D eigenvalue weighted by Crippen LogP contribution is 2.30. The van der Waals surface area contributed by atoms with E-state index in [-0.39, 0.29) is 5.97 Å². The number of aryl methyl sites for hydroxylation is 2. The summed E-state index contributed by atoms with van der Waals surface area (Å²) in [6, 6.07) is 5.44. The Labute approximate surface area is 98.4 Å². The lowest BCUT2D eigenvalue weighted by atomic mass is 10.1. The first-order chi connectivity index (χ1) is 8.06. The molecule has 2 rings (SSSR count). The Hall–Kier alpha value is -2.17. The predicted octanol–water partition coefficient (Wildman–Crippen LogP) is 2.28. The van der Waals surface area contributed by atoms with Gasteiger partial charge in [0.1, 0.15) is 5.75 Å². The SMILES string of the molecule is CC(=O)Oc1cc(C)ccc1-c1nnc(C)o1. The summed E-state index contributed by atoms with van der Waals surface area (Å²) in [5.74, 6) is 0.863. The molecule has 0 radical (unpaired) electrons. The van der Waals surface area contributed by atoms with E-state index in [4.69, 9.17) is 9.15 Å². The zero-order chi connectivity index (χ0) is 12.4. The van der Waals surface area contributed by atoms with Gasteiger partial charge in [-0.15, -0.1) is 10.2 Å². The van der Waals surface area contributed by atoms with Crippen LogP contribution in [0.4, 0.5) is 0 Å². The van der Waals surface area contributed by atoms with Gasteiger partial charge in [0.2, 0.25) is 5.89 Å². The van der Waals surface area contributed by atoms with Gasteiger partial charge in [0.05, 0.1) is 5.56 Å². The van der Waals surface area contributed by atoms with E-state index in [0.29, 0.717) is 23.1 Å². The fourth-order valence-corrected chi connectivity index (χ4v) is 1.45. The number of hydrogen-bond donors (Lipinski definition) is 0. The smallest absolute Gasteiger partial charge is 0.308 e. The van der Waals surface area contributed by atoms with Crippen molar-refractivity contribution in [3.63, 3.8) is 0 Å². The largest absolute Gasteiger partial charge is 0.426 e. The van der Waals surface area contributed by atoms with Gasteiger partial charge in [0.25, 0.3) is 5.89 Å². The Morgan fingerprint density at radius 2 is 2.06 bits per heavy atom. The monoisotopic (exact) mass is 232 g/mol. The second-order valence-electron chi connectivity index (χ2n) is 3.72. The van der Waals surface area contributed by atoms with Crippen LogP contribution in [0.5, 0.6) is 5.75 Å². The average Bonchev–Trinajstić information content (AvgIpc) is 2.64. The Morgan fingerprint density at radius 1 is 1.29 bits per heavy atom. The minimum absolute atomic E-state index is 0.346. The number of benzene rings is 1. The summed E-state index contributed by atoms with van der Waals surface area (Å²) in [4.78, 5) is 11.0. The lowest BCUT2D eigenvalue weighted by Gasteiger charge is -2.06. The summed E-state index contributed by atoms with van der Waals surface area (Å²) in [5.41, 5.74) is 1.60. The molecule has 0 saturated heterocycles. The molecule has 1 aromatic carbocycles. The first-order valence-corrected chi connectivity index (χ1v) is 5.16. The third kappa shape index (κ3) is 2.50. The lowest BCUT2D eigenvalue weighted by molar-refractivity contribution is -0.131. The van der Waals surface area contributed by atoms with Crippen LogP contribution in [-0.2, 0) is 4.79 Å². The molecule has 0 atom stereocenters. The van der Waals surface area contributed by atoms with Crippen molar-refractivity contribution in [3.05, 3.63) is 29.7 Å². The van der Waals surface area contributed by atoms with Crippen molar-refractivity contribution in [3.8, 4) is 17.2 Å². The molecule has 5 heteroatoms. The number of aromatic nitrogens is 2. The number of carbonyl (C=O) groups is 1. The van der Waals surface area contributed by atoms with Crippen molar-refractivity contribution in [1.82, 2.24) is 10.2 Å². The van der Waals surface area contributed by atoms with E-state index in [9.17, 15) is 4.79 Å². The van der Waals surface area contributed by atoms with Gasteiger partial charge >= 0.3 is 5.97 Å². The van der Waals surface area contributed by atoms with Gasteiger partial charge < -0.3 is 9.15 Å². The Kier molecular flexibility index (Phi) is 2.91. The number of nitrogens with zero attached hydrogens (tertiary/aromatic N) is 2. The van der Waals surface area contributed by atoms with E-state index >= 15 is 0 Å². The highest BCUT2D eigenvalue weighted by atomic mass is 16.5. The van der Waals surface area contributed by atoms with Gasteiger partial charge in [-0.3, -0.25) is 4.79 Å². The Bertz CT molecular complexity index is 561. The molecule has 17 heavy (non-hydrogen) atoms. The summed E-state index contributed by atoms with van der Waals surface area (Å²) < 4.78 is 10.4. The van der Waals surface area contributed by atoms with Crippen molar-refractivity contribution >= 4 is 5.97 Å². The van der Waals surface area contributed by atoms with Crippen molar-refractivity contribution in [1.29, 1.82) is 0 Å². The summed E-state index contributed by atoms with van der Waals surface area (Å²) in [6.07, 6.45) is 0. The van der Waals surface area contributed by atoms with Crippen LogP contribution in [0.1, 0.15) is 18.4 Å². The second kappa shape index (κ2) is 4.37. The van der Waals surface area contributed by atoms with Crippen LogP contribution in [0.3, 0.4) is 0 Å². The van der Waals surface area contributed by atoms with Crippen LogP contribution < -0.4 is 4.74 Å². The highest BCUT2D eigenvalue weighted by Gasteiger charge is 2.14. The maximum absolute atomic E-state index is 11.0. The summed E-state index contributed by atoms with van der Waals surface area (Å²) in [6.45, 7) is 4.97. The molecule has 0 unspecified atom stereocenters. The maximum Gasteiger partial charge on any atom is 0.308 e. The van der Waals surface area contributed by atoms with Gasteiger partial charge in [0.15, 0.2) is 0 Å². The molecule has 1 aromatic heterocycles. The topological polar surface area (TPSA) is 65.2 Å². The van der Waals surface area contributed by atoms with Gasteiger partial charge in [-0.2, -0.15) is 0 Å². The molecule has 0 aliphatic heterocycles. The molecule has 0 fully saturated rings. The van der Waals surface area contributed by atoms with Gasteiger partial charge in [0, 0.05) is 13.8 Å². The van der Waals surface area contributed by atoms with Crippen LogP contribution in [0, 0.1) is 13.8 Å². The zero-order valence-electron chi connectivity index (χ0n) is 9.85. The van der Waals surface area contributed by atoms with Crippen molar-refractivity contribution in [2.45, 2.75) is 20.8 Å². The van der Waals surface area contributed by atoms with Gasteiger partial charge in [-0.05, 0) is 24.6 Å². The van der Waals surface area contributed by atoms with Crippen LogP contribution >= 0.6 is 0 Å². The van der Waals surface area contributed by atoms with E-state index in [1.807, 2.05) is 13.0 Å². The maximum atomic E-state index is 11.0. The molecule has 0 aliphatic rings. The fraction of sp³-hybridized carbons (Fsp3) is 0.250. The molecule has 0 N–H and O–H groups in total. The molecule has 88 valence electrons. The number of hydrogen-bond acceptors (Lipinski definition) is 5. The van der Waals surface area contributed by atoms with E-state index in [1.54, 1.807) is 19.1 Å². The molecular formula is C12H12N2O3. The normalized spacial score (nSPS) is 10.3. The van der Waals surface area contributed by atoms with Crippen LogP contribution in [-0.4, -0.2) is 16.2 Å². The summed E-state index contributed by atoms with van der Waals surface area (Å²) >= 11 is 0. The quantitative estimate of drug-likeness (QED) is 0.587. The summed E-state index contributed by atoms with van der Waals surface area (Å²) in [7, 11) is 0. The third-order valence-corrected chi connectivity index (χ3v) is 2.15. The minimum Gasteiger partial charge on any atom is -0.426 e. The number of ether oxygens (including phenoxy) is 1. The molecular weight excluding hydrogens is 220 g/mol. The van der Waals surface area contributed by atoms with E-state index in [2.05, 4.69) is 10.2 Å². The standard InChI is InChI=1S/C12H12N2O3/c1-7-4-5-10(11(6-7)17-9(3)15)12-14-13-8(2)16-12/h4-6H,1-3H3. The molecule has 2 aromatic rings. The number of esters is 1. The van der Waals surface area contributed by atoms with E-state index in [1.165, 1.54) is 6.92 Å². The first kappa shape index (κ1) is 11.3.